The first-order valence-corrected chi connectivity index (χ1v) is 10.8. The molecule has 2 N–H and O–H groups in total. The van der Waals surface area contributed by atoms with Crippen molar-refractivity contribution >= 4 is 40.7 Å². The molecule has 2 heterocycles. The van der Waals surface area contributed by atoms with E-state index in [0.29, 0.717) is 30.1 Å². The summed E-state index contributed by atoms with van der Waals surface area (Å²) < 4.78 is 27.5. The molecule has 2 aliphatic heterocycles. The lowest BCUT2D eigenvalue weighted by molar-refractivity contribution is -0.122. The zero-order valence-corrected chi connectivity index (χ0v) is 18.4. The second-order valence-corrected chi connectivity index (χ2v) is 8.78. The molecule has 3 rings (SSSR count). The number of rotatable bonds is 6. The highest BCUT2D eigenvalue weighted by atomic mass is 35.5. The van der Waals surface area contributed by atoms with Crippen LogP contribution in [0.2, 0.25) is 0 Å². The number of benzene rings is 1. The molecule has 0 atom stereocenters. The van der Waals surface area contributed by atoms with E-state index in [2.05, 4.69) is 15.5 Å². The fourth-order valence-electron chi connectivity index (χ4n) is 3.47. The number of carbonyl (C=O) groups excluding carboxylic acids is 1. The summed E-state index contributed by atoms with van der Waals surface area (Å²) in [5, 5.41) is 6.13. The van der Waals surface area contributed by atoms with Crippen LogP contribution in [0.1, 0.15) is 24.8 Å². The van der Waals surface area contributed by atoms with Crippen molar-refractivity contribution in [2.24, 2.45) is 0 Å². The maximum Gasteiger partial charge on any atom is 0.243 e. The van der Waals surface area contributed by atoms with Gasteiger partial charge < -0.3 is 10.6 Å². The van der Waals surface area contributed by atoms with Crippen molar-refractivity contribution in [2.75, 3.05) is 45.8 Å². The quantitative estimate of drug-likeness (QED) is 0.677. The zero-order valence-electron chi connectivity index (χ0n) is 15.9. The smallest absolute Gasteiger partial charge is 0.243 e. The van der Waals surface area contributed by atoms with Gasteiger partial charge in [0.2, 0.25) is 15.9 Å². The molecular weight excluding hydrogens is 423 g/mol. The monoisotopic (exact) mass is 452 g/mol. The van der Waals surface area contributed by atoms with E-state index in [9.17, 15) is 13.2 Å². The van der Waals surface area contributed by atoms with Gasteiger partial charge in [0.05, 0.1) is 11.4 Å². The normalized spacial score (nSPS) is 18.6. The summed E-state index contributed by atoms with van der Waals surface area (Å²) in [6.07, 6.45) is 2.89. The summed E-state index contributed by atoms with van der Waals surface area (Å²) >= 11 is 0. The van der Waals surface area contributed by atoms with E-state index in [1.807, 2.05) is 6.07 Å². The summed E-state index contributed by atoms with van der Waals surface area (Å²) in [6, 6.07) is 6.97. The van der Waals surface area contributed by atoms with Crippen molar-refractivity contribution < 1.29 is 13.2 Å². The molecule has 2 fully saturated rings. The number of hydrogen-bond acceptors (Lipinski definition) is 5. The lowest BCUT2D eigenvalue weighted by Gasteiger charge is -2.27. The van der Waals surface area contributed by atoms with E-state index in [-0.39, 0.29) is 37.3 Å². The molecule has 0 unspecified atom stereocenters. The third kappa shape index (κ3) is 6.57. The van der Waals surface area contributed by atoms with Crippen LogP contribution in [0.5, 0.6) is 0 Å². The zero-order chi connectivity index (χ0) is 18.4. The van der Waals surface area contributed by atoms with Gasteiger partial charge in [0, 0.05) is 45.8 Å². The fourth-order valence-corrected chi connectivity index (χ4v) is 5.21. The number of sulfonamides is 1. The largest absolute Gasteiger partial charge is 0.351 e. The Balaban J connectivity index is 0.00000196. The Hall–Kier alpha value is -0.900. The minimum Gasteiger partial charge on any atom is -0.351 e. The molecule has 0 bridgehead atoms. The average molecular weight is 453 g/mol. The average Bonchev–Trinajstić information content (AvgIpc) is 2.68. The van der Waals surface area contributed by atoms with E-state index in [1.54, 1.807) is 22.5 Å². The lowest BCUT2D eigenvalue weighted by Crippen LogP contribution is -2.47. The van der Waals surface area contributed by atoms with Crippen molar-refractivity contribution in [3.05, 3.63) is 29.8 Å². The number of amides is 1. The van der Waals surface area contributed by atoms with Crippen LogP contribution in [0.15, 0.2) is 29.2 Å². The predicted octanol–water partition coefficient (Wildman–Crippen LogP) is 1.23. The van der Waals surface area contributed by atoms with Crippen LogP contribution in [-0.2, 0) is 21.4 Å². The minimum absolute atomic E-state index is 0. The van der Waals surface area contributed by atoms with Crippen molar-refractivity contribution in [2.45, 2.75) is 30.7 Å². The Morgan fingerprint density at radius 1 is 1.00 bits per heavy atom. The van der Waals surface area contributed by atoms with Crippen molar-refractivity contribution in [3.63, 3.8) is 0 Å². The Morgan fingerprint density at radius 2 is 1.64 bits per heavy atom. The van der Waals surface area contributed by atoms with Gasteiger partial charge in [0.1, 0.15) is 0 Å². The molecule has 2 aliphatic rings. The van der Waals surface area contributed by atoms with E-state index < -0.39 is 10.0 Å². The van der Waals surface area contributed by atoms with Crippen LogP contribution in [0.3, 0.4) is 0 Å². The molecule has 160 valence electrons. The summed E-state index contributed by atoms with van der Waals surface area (Å²) in [5.41, 5.74) is 0.645. The minimum atomic E-state index is -3.50. The van der Waals surface area contributed by atoms with Crippen LogP contribution < -0.4 is 10.6 Å². The van der Waals surface area contributed by atoms with Gasteiger partial charge in [0.15, 0.2) is 0 Å². The van der Waals surface area contributed by atoms with Gasteiger partial charge in [-0.2, -0.15) is 4.31 Å². The molecule has 2 saturated heterocycles. The van der Waals surface area contributed by atoms with Crippen LogP contribution in [-0.4, -0.2) is 69.3 Å². The predicted molar refractivity (Wildman–Crippen MR) is 115 cm³/mol. The molecule has 0 radical (unpaired) electrons. The summed E-state index contributed by atoms with van der Waals surface area (Å²) in [4.78, 5) is 14.6. The number of piperazine rings is 1. The van der Waals surface area contributed by atoms with Gasteiger partial charge in [0.25, 0.3) is 0 Å². The molecule has 0 aromatic heterocycles. The first-order valence-electron chi connectivity index (χ1n) is 9.35. The van der Waals surface area contributed by atoms with E-state index in [0.717, 1.165) is 45.4 Å². The maximum atomic E-state index is 13.0. The van der Waals surface area contributed by atoms with Crippen molar-refractivity contribution in [1.82, 2.24) is 19.8 Å². The molecule has 28 heavy (non-hydrogen) atoms. The van der Waals surface area contributed by atoms with Crippen LogP contribution in [0.4, 0.5) is 0 Å². The van der Waals surface area contributed by atoms with Crippen molar-refractivity contribution in [1.29, 1.82) is 0 Å². The first kappa shape index (κ1) is 25.1. The summed E-state index contributed by atoms with van der Waals surface area (Å²) in [6.45, 7) is 5.23. The second-order valence-electron chi connectivity index (χ2n) is 6.88. The van der Waals surface area contributed by atoms with Gasteiger partial charge in [-0.25, -0.2) is 8.42 Å². The SMILES string of the molecule is Cl.Cl.O=C(CN1CCNCC1)NCc1ccccc1S(=O)(=O)N1CCCCC1. The third-order valence-electron chi connectivity index (χ3n) is 4.96. The number of halogens is 2. The summed E-state index contributed by atoms with van der Waals surface area (Å²) in [5.74, 6) is -0.0722. The molecule has 10 heteroatoms. The van der Waals surface area contributed by atoms with Crippen molar-refractivity contribution in [3.8, 4) is 0 Å². The highest BCUT2D eigenvalue weighted by Crippen LogP contribution is 2.23. The summed E-state index contributed by atoms with van der Waals surface area (Å²) in [7, 11) is -3.50. The molecule has 1 amide bonds. The second kappa shape index (κ2) is 11.9. The van der Waals surface area contributed by atoms with Gasteiger partial charge in [-0.3, -0.25) is 9.69 Å². The Labute approximate surface area is 180 Å². The lowest BCUT2D eigenvalue weighted by atomic mass is 10.2. The molecule has 7 nitrogen and oxygen atoms in total. The Bertz CT molecular complexity index is 721. The number of piperidine rings is 1. The number of nitrogens with zero attached hydrogens (tertiary/aromatic N) is 2. The number of hydrogen-bond donors (Lipinski definition) is 2. The Morgan fingerprint density at radius 3 is 2.32 bits per heavy atom. The molecule has 1 aromatic rings. The van der Waals surface area contributed by atoms with Gasteiger partial charge in [-0.05, 0) is 24.5 Å². The van der Waals surface area contributed by atoms with Gasteiger partial charge in [-0.1, -0.05) is 24.6 Å². The van der Waals surface area contributed by atoms with Crippen LogP contribution >= 0.6 is 24.8 Å². The van der Waals surface area contributed by atoms with E-state index in [1.165, 1.54) is 0 Å². The number of nitrogens with one attached hydrogen (secondary N) is 2. The molecule has 0 aliphatic carbocycles. The first-order chi connectivity index (χ1) is 12.6. The molecule has 0 spiro atoms. The molecule has 1 aromatic carbocycles. The standard InChI is InChI=1S/C18H28N4O3S.2ClH/c23-18(15-21-12-8-19-9-13-21)20-14-16-6-2-3-7-17(16)26(24,25)22-10-4-1-5-11-22;;/h2-3,6-7,19H,1,4-5,8-15H2,(H,20,23);2*1H. The maximum absolute atomic E-state index is 13.0. The fraction of sp³-hybridized carbons (Fsp3) is 0.611. The van der Waals surface area contributed by atoms with Gasteiger partial charge >= 0.3 is 0 Å². The van der Waals surface area contributed by atoms with Gasteiger partial charge in [-0.15, -0.1) is 24.8 Å². The van der Waals surface area contributed by atoms with E-state index in [4.69, 9.17) is 0 Å². The highest BCUT2D eigenvalue weighted by molar-refractivity contribution is 7.89. The van der Waals surface area contributed by atoms with Crippen LogP contribution in [0, 0.1) is 0 Å². The van der Waals surface area contributed by atoms with Crippen LogP contribution in [0.25, 0.3) is 0 Å². The highest BCUT2D eigenvalue weighted by Gasteiger charge is 2.28. The molecule has 0 saturated carbocycles. The third-order valence-corrected chi connectivity index (χ3v) is 6.96. The van der Waals surface area contributed by atoms with E-state index >= 15 is 0 Å². The Kier molecular flexibility index (Phi) is 10.7. The topological polar surface area (TPSA) is 81.8 Å². The number of carbonyl (C=O) groups is 1. The molecular formula is C18H30Cl2N4O3S.